The molecule has 0 saturated heterocycles. The van der Waals surface area contributed by atoms with Crippen molar-refractivity contribution in [3.63, 3.8) is 0 Å². The van der Waals surface area contributed by atoms with Gasteiger partial charge in [0, 0.05) is 22.7 Å². The Morgan fingerprint density at radius 2 is 0.769 bits per heavy atom. The number of carbonyl (C=O) groups excluding carboxylic acids is 2. The molecule has 0 unspecified atom stereocenters. The Morgan fingerprint density at radius 1 is 0.481 bits per heavy atom. The average Bonchev–Trinajstić information content (AvgIpc) is 3.10. The Kier molecular flexibility index (Phi) is 11.1. The second kappa shape index (κ2) is 15.7. The molecule has 4 amide bonds. The first-order valence-corrected chi connectivity index (χ1v) is 18.4. The van der Waals surface area contributed by atoms with Gasteiger partial charge < -0.3 is 29.6 Å². The Balaban J connectivity index is 1.16. The van der Waals surface area contributed by atoms with Crippen LogP contribution in [0.1, 0.15) is 25.0 Å². The Labute approximate surface area is 302 Å². The van der Waals surface area contributed by atoms with Crippen molar-refractivity contribution in [2.24, 2.45) is 0 Å². The molecule has 12 nitrogen and oxygen atoms in total. The number of carbonyl (C=O) groups is 2. The molecule has 0 radical (unpaired) electrons. The molecule has 14 heteroatoms. The number of benzene rings is 5. The van der Waals surface area contributed by atoms with Crippen LogP contribution in [0.4, 0.5) is 32.3 Å². The van der Waals surface area contributed by atoms with E-state index in [2.05, 4.69) is 34.4 Å². The van der Waals surface area contributed by atoms with Crippen LogP contribution in [-0.4, -0.2) is 28.9 Å². The molecule has 0 heterocycles. The zero-order valence-corrected chi connectivity index (χ0v) is 29.7. The van der Waals surface area contributed by atoms with Crippen LogP contribution in [0, 0.1) is 0 Å². The molecule has 5 aromatic rings. The predicted octanol–water partition coefficient (Wildman–Crippen LogP) is 8.58. The third kappa shape index (κ3) is 9.87. The molecule has 0 fully saturated rings. The highest BCUT2D eigenvalue weighted by molar-refractivity contribution is 7.88. The van der Waals surface area contributed by atoms with Crippen molar-refractivity contribution in [2.45, 2.75) is 23.6 Å². The van der Waals surface area contributed by atoms with Gasteiger partial charge in [0.1, 0.15) is 21.3 Å². The summed E-state index contributed by atoms with van der Waals surface area (Å²) >= 11 is 0. The maximum Gasteiger partial charge on any atom is 0.339 e. The van der Waals surface area contributed by atoms with Gasteiger partial charge in [0.25, 0.3) is 0 Å². The number of hydrogen-bond donors (Lipinski definition) is 4. The van der Waals surface area contributed by atoms with E-state index in [0.29, 0.717) is 22.7 Å². The van der Waals surface area contributed by atoms with Gasteiger partial charge >= 0.3 is 32.3 Å². The van der Waals surface area contributed by atoms with Crippen LogP contribution < -0.4 is 29.6 Å². The summed E-state index contributed by atoms with van der Waals surface area (Å²) in [7, 11) is -8.95. The number of anilines is 4. The largest absolute Gasteiger partial charge is 0.379 e. The van der Waals surface area contributed by atoms with Crippen LogP contribution in [0.2, 0.25) is 0 Å². The molecule has 4 N–H and O–H groups in total. The lowest BCUT2D eigenvalue weighted by molar-refractivity contribution is 0.261. The molecule has 0 aliphatic carbocycles. The van der Waals surface area contributed by atoms with Crippen molar-refractivity contribution in [2.75, 3.05) is 21.3 Å². The summed E-state index contributed by atoms with van der Waals surface area (Å²) in [6.07, 6.45) is 0. The highest BCUT2D eigenvalue weighted by atomic mass is 32.2. The van der Waals surface area contributed by atoms with E-state index in [1.54, 1.807) is 24.3 Å². The van der Waals surface area contributed by atoms with E-state index in [-0.39, 0.29) is 11.5 Å². The minimum absolute atomic E-state index is 0.0751. The van der Waals surface area contributed by atoms with Gasteiger partial charge in [-0.3, -0.25) is 0 Å². The molecule has 5 aromatic carbocycles. The van der Waals surface area contributed by atoms with Gasteiger partial charge in [-0.05, 0) is 116 Å². The fraction of sp³-hybridized carbons (Fsp3) is 0.0526. The van der Waals surface area contributed by atoms with Crippen molar-refractivity contribution < 1.29 is 34.8 Å². The SMILES string of the molecule is C=C(C)c1ccc(NC(=O)Nc2ccc(OS(=O)(=O)c3cccc(S(=O)(=O)Oc4ccc(NC(=O)Nc5ccc(C(=C)C)cc5)cc4)c3)cc2)cc1. The lowest BCUT2D eigenvalue weighted by Gasteiger charge is -2.12. The van der Waals surface area contributed by atoms with Gasteiger partial charge in [-0.1, -0.05) is 54.6 Å². The van der Waals surface area contributed by atoms with Crippen LogP contribution in [0.5, 0.6) is 11.5 Å². The van der Waals surface area contributed by atoms with Crippen molar-refractivity contribution in [3.8, 4) is 11.5 Å². The third-order valence-electron chi connectivity index (χ3n) is 7.29. The fourth-order valence-electron chi connectivity index (χ4n) is 4.59. The minimum atomic E-state index is -4.48. The third-order valence-corrected chi connectivity index (χ3v) is 9.78. The van der Waals surface area contributed by atoms with Gasteiger partial charge in [-0.25, -0.2) is 9.59 Å². The summed E-state index contributed by atoms with van der Waals surface area (Å²) < 4.78 is 62.7. The summed E-state index contributed by atoms with van der Waals surface area (Å²) in [6, 6.07) is 28.9. The summed E-state index contributed by atoms with van der Waals surface area (Å²) in [5, 5.41) is 10.7. The number of amides is 4. The molecule has 52 heavy (non-hydrogen) atoms. The maximum absolute atomic E-state index is 13.1. The molecule has 0 bridgehead atoms. The first-order chi connectivity index (χ1) is 24.7. The topological polar surface area (TPSA) is 169 Å². The summed E-state index contributed by atoms with van der Waals surface area (Å²) in [5.74, 6) is -0.150. The van der Waals surface area contributed by atoms with Crippen LogP contribution in [0.25, 0.3) is 11.1 Å². The van der Waals surface area contributed by atoms with Crippen molar-refractivity contribution in [1.82, 2.24) is 0 Å². The number of hydrogen-bond acceptors (Lipinski definition) is 8. The van der Waals surface area contributed by atoms with E-state index in [9.17, 15) is 26.4 Å². The first-order valence-electron chi connectivity index (χ1n) is 15.5. The zero-order chi connectivity index (χ0) is 37.5. The molecule has 266 valence electrons. The van der Waals surface area contributed by atoms with Gasteiger partial charge in [0.2, 0.25) is 0 Å². The fourth-order valence-corrected chi connectivity index (χ4v) is 6.61. The molecule has 0 atom stereocenters. The average molecular weight is 739 g/mol. The second-order valence-electron chi connectivity index (χ2n) is 11.5. The van der Waals surface area contributed by atoms with Crippen molar-refractivity contribution in [1.29, 1.82) is 0 Å². The molecular weight excluding hydrogens is 705 g/mol. The molecule has 0 aliphatic heterocycles. The van der Waals surface area contributed by atoms with Crippen molar-refractivity contribution in [3.05, 3.63) is 146 Å². The van der Waals surface area contributed by atoms with E-state index in [1.165, 1.54) is 66.7 Å². The van der Waals surface area contributed by atoms with Crippen LogP contribution in [-0.2, 0) is 20.2 Å². The number of allylic oxidation sites excluding steroid dienone is 2. The van der Waals surface area contributed by atoms with E-state index < -0.39 is 42.1 Å². The van der Waals surface area contributed by atoms with E-state index in [1.807, 2.05) is 38.1 Å². The van der Waals surface area contributed by atoms with Gasteiger partial charge in [0.15, 0.2) is 0 Å². The lowest BCUT2D eigenvalue weighted by Crippen LogP contribution is -2.19. The van der Waals surface area contributed by atoms with Gasteiger partial charge in [-0.15, -0.1) is 0 Å². The monoisotopic (exact) mass is 738 g/mol. The molecule has 0 aliphatic rings. The second-order valence-corrected chi connectivity index (χ2v) is 14.6. The number of urea groups is 2. The Morgan fingerprint density at radius 3 is 1.06 bits per heavy atom. The molecule has 5 rings (SSSR count). The van der Waals surface area contributed by atoms with Crippen LogP contribution in [0.15, 0.2) is 144 Å². The summed E-state index contributed by atoms with van der Waals surface area (Å²) in [5.41, 5.74) is 5.54. The Hall–Kier alpha value is -6.38. The molecular formula is C38H34N4O8S2. The standard InChI is InChI=1S/C38H34N4O8S2/c1-25(2)27-8-12-29(13-9-27)39-37(43)41-31-16-20-33(21-17-31)49-51(45,46)35-6-5-7-36(24-35)52(47,48)50-34-22-18-32(19-23-34)42-38(44)40-30-14-10-28(11-15-30)26(3)4/h5-24H,1,3H2,2,4H3,(H2,39,41,43)(H2,40,42,44). The zero-order valence-electron chi connectivity index (χ0n) is 28.0. The predicted molar refractivity (Wildman–Crippen MR) is 203 cm³/mol. The number of nitrogens with one attached hydrogen (secondary N) is 4. The summed E-state index contributed by atoms with van der Waals surface area (Å²) in [6.45, 7) is 11.5. The van der Waals surface area contributed by atoms with E-state index in [0.717, 1.165) is 28.3 Å². The van der Waals surface area contributed by atoms with E-state index in [4.69, 9.17) is 8.37 Å². The highest BCUT2D eigenvalue weighted by Gasteiger charge is 2.23. The number of rotatable bonds is 12. The van der Waals surface area contributed by atoms with Crippen LogP contribution >= 0.6 is 0 Å². The molecule has 0 spiro atoms. The smallest absolute Gasteiger partial charge is 0.339 e. The molecule has 0 aromatic heterocycles. The maximum atomic E-state index is 13.1. The van der Waals surface area contributed by atoms with E-state index >= 15 is 0 Å². The van der Waals surface area contributed by atoms with Crippen molar-refractivity contribution >= 4 is 66.2 Å². The highest BCUT2D eigenvalue weighted by Crippen LogP contribution is 2.26. The summed E-state index contributed by atoms with van der Waals surface area (Å²) in [4.78, 5) is 24.0. The quantitative estimate of drug-likeness (QED) is 0.0923. The van der Waals surface area contributed by atoms with Gasteiger partial charge in [0.05, 0.1) is 0 Å². The Bertz CT molecular complexity index is 2180. The molecule has 0 saturated carbocycles. The first kappa shape index (κ1) is 36.9. The van der Waals surface area contributed by atoms with Crippen LogP contribution in [0.3, 0.4) is 0 Å². The lowest BCUT2D eigenvalue weighted by atomic mass is 10.1. The normalized spacial score (nSPS) is 11.1. The van der Waals surface area contributed by atoms with Gasteiger partial charge in [-0.2, -0.15) is 16.8 Å². The minimum Gasteiger partial charge on any atom is -0.379 e.